The molecule has 1 atom stereocenters. The number of halogens is 6. The van der Waals surface area contributed by atoms with Crippen LogP contribution < -0.4 is 4.74 Å². The van der Waals surface area contributed by atoms with E-state index in [1.807, 2.05) is 6.92 Å². The maximum Gasteiger partial charge on any atom is 0.425 e. The maximum absolute atomic E-state index is 13.5. The average molecular weight is 456 g/mol. The number of ether oxygens (including phenoxy) is 1. The standard InChI is InChI=1S/C20H14F6N4O2/c1-9-5-12(7-14-16(9)28-8-27-14)17-29-18(32-30-17)11-3-4-15(13(6-11)20(24,25)26)31-10(2)19(21,22)23/h3-8,10H,1-2H3,(H,27,28). The third-order valence-electron chi connectivity index (χ3n) is 4.70. The normalized spacial score (nSPS) is 13.5. The van der Waals surface area contributed by atoms with Crippen LogP contribution in [0.3, 0.4) is 0 Å². The molecule has 32 heavy (non-hydrogen) atoms. The van der Waals surface area contributed by atoms with Crippen molar-refractivity contribution in [2.45, 2.75) is 32.3 Å². The van der Waals surface area contributed by atoms with Crippen molar-refractivity contribution in [1.82, 2.24) is 20.1 Å². The molecule has 168 valence electrons. The van der Waals surface area contributed by atoms with Gasteiger partial charge in [-0.15, -0.1) is 0 Å². The molecule has 0 aliphatic carbocycles. The van der Waals surface area contributed by atoms with E-state index in [4.69, 9.17) is 4.52 Å². The molecule has 6 nitrogen and oxygen atoms in total. The molecule has 2 aromatic carbocycles. The molecular weight excluding hydrogens is 442 g/mol. The first-order chi connectivity index (χ1) is 14.9. The van der Waals surface area contributed by atoms with E-state index in [2.05, 4.69) is 24.8 Å². The van der Waals surface area contributed by atoms with Crippen LogP contribution in [0.1, 0.15) is 18.1 Å². The molecule has 0 radical (unpaired) electrons. The first-order valence-corrected chi connectivity index (χ1v) is 9.16. The predicted octanol–water partition coefficient (Wildman–Crippen LogP) is 5.94. The molecule has 0 aliphatic rings. The number of rotatable bonds is 4. The first-order valence-electron chi connectivity index (χ1n) is 9.16. The Morgan fingerprint density at radius 3 is 2.47 bits per heavy atom. The molecule has 2 heterocycles. The summed E-state index contributed by atoms with van der Waals surface area (Å²) in [5.41, 5.74) is 1.32. The summed E-state index contributed by atoms with van der Waals surface area (Å²) in [7, 11) is 0. The minimum atomic E-state index is -4.97. The lowest BCUT2D eigenvalue weighted by Crippen LogP contribution is -2.31. The van der Waals surface area contributed by atoms with Crippen LogP contribution in [-0.4, -0.2) is 32.4 Å². The predicted molar refractivity (Wildman–Crippen MR) is 101 cm³/mol. The molecular formula is C20H14F6N4O2. The highest BCUT2D eigenvalue weighted by molar-refractivity contribution is 5.83. The Balaban J connectivity index is 1.70. The molecule has 0 aliphatic heterocycles. The SMILES string of the molecule is Cc1cc(-c2noc(-c3ccc(OC(C)C(F)(F)F)c(C(F)(F)F)c3)n2)cc2[nH]cnc12. The van der Waals surface area contributed by atoms with Gasteiger partial charge in [0.1, 0.15) is 5.75 Å². The molecule has 0 amide bonds. The van der Waals surface area contributed by atoms with Crippen LogP contribution in [-0.2, 0) is 6.18 Å². The third kappa shape index (κ3) is 4.12. The summed E-state index contributed by atoms with van der Waals surface area (Å²) in [5, 5.41) is 3.81. The van der Waals surface area contributed by atoms with Crippen LogP contribution in [0.2, 0.25) is 0 Å². The van der Waals surface area contributed by atoms with Gasteiger partial charge >= 0.3 is 12.4 Å². The number of aromatic nitrogens is 4. The van der Waals surface area contributed by atoms with E-state index < -0.39 is 29.8 Å². The van der Waals surface area contributed by atoms with Gasteiger partial charge in [-0.1, -0.05) is 5.16 Å². The molecule has 0 spiro atoms. The summed E-state index contributed by atoms with van der Waals surface area (Å²) in [6, 6.07) is 5.98. The van der Waals surface area contributed by atoms with E-state index in [0.717, 1.165) is 23.2 Å². The zero-order chi connectivity index (χ0) is 23.3. The Morgan fingerprint density at radius 2 is 1.78 bits per heavy atom. The number of aromatic amines is 1. The van der Waals surface area contributed by atoms with Crippen molar-refractivity contribution >= 4 is 11.0 Å². The van der Waals surface area contributed by atoms with Gasteiger partial charge in [0.15, 0.2) is 6.10 Å². The minimum Gasteiger partial charge on any atom is -0.481 e. The van der Waals surface area contributed by atoms with Gasteiger partial charge in [-0.05, 0) is 49.7 Å². The molecule has 0 saturated carbocycles. The van der Waals surface area contributed by atoms with Gasteiger partial charge in [-0.25, -0.2) is 4.98 Å². The van der Waals surface area contributed by atoms with Gasteiger partial charge in [0, 0.05) is 11.1 Å². The highest BCUT2D eigenvalue weighted by Crippen LogP contribution is 2.40. The van der Waals surface area contributed by atoms with Gasteiger partial charge in [0.2, 0.25) is 5.82 Å². The number of nitrogens with zero attached hydrogens (tertiary/aromatic N) is 3. The van der Waals surface area contributed by atoms with Crippen LogP contribution >= 0.6 is 0 Å². The van der Waals surface area contributed by atoms with Crippen molar-refractivity contribution in [2.24, 2.45) is 0 Å². The van der Waals surface area contributed by atoms with Gasteiger partial charge in [0.05, 0.1) is 22.9 Å². The van der Waals surface area contributed by atoms with Gasteiger partial charge < -0.3 is 14.2 Å². The highest BCUT2D eigenvalue weighted by atomic mass is 19.4. The van der Waals surface area contributed by atoms with Crippen molar-refractivity contribution in [3.8, 4) is 28.6 Å². The Hall–Kier alpha value is -3.57. The number of benzene rings is 2. The van der Waals surface area contributed by atoms with Gasteiger partial charge in [-0.3, -0.25) is 0 Å². The van der Waals surface area contributed by atoms with Crippen LogP contribution in [0, 0.1) is 6.92 Å². The first kappa shape index (κ1) is 21.7. The minimum absolute atomic E-state index is 0.123. The maximum atomic E-state index is 13.5. The Morgan fingerprint density at radius 1 is 1.03 bits per heavy atom. The second-order valence-electron chi connectivity index (χ2n) is 7.03. The number of imidazole rings is 1. The molecule has 0 bridgehead atoms. The van der Waals surface area contributed by atoms with Crippen LogP contribution in [0.5, 0.6) is 5.75 Å². The fraction of sp³-hybridized carbons (Fsp3) is 0.250. The Bertz CT molecular complexity index is 1280. The molecule has 12 heteroatoms. The third-order valence-corrected chi connectivity index (χ3v) is 4.70. The quantitative estimate of drug-likeness (QED) is 0.385. The summed E-state index contributed by atoms with van der Waals surface area (Å²) in [6.07, 6.45) is -10.7. The number of nitrogens with one attached hydrogen (secondary N) is 1. The number of hydrogen-bond acceptors (Lipinski definition) is 5. The lowest BCUT2D eigenvalue weighted by Gasteiger charge is -2.20. The van der Waals surface area contributed by atoms with E-state index in [-0.39, 0.29) is 17.3 Å². The lowest BCUT2D eigenvalue weighted by atomic mass is 10.1. The van der Waals surface area contributed by atoms with Crippen molar-refractivity contribution in [2.75, 3.05) is 0 Å². The molecule has 4 rings (SSSR count). The summed E-state index contributed by atoms with van der Waals surface area (Å²) in [4.78, 5) is 11.3. The van der Waals surface area contributed by atoms with Crippen molar-refractivity contribution < 1.29 is 35.6 Å². The van der Waals surface area contributed by atoms with Crippen molar-refractivity contribution in [1.29, 1.82) is 0 Å². The summed E-state index contributed by atoms with van der Waals surface area (Å²) >= 11 is 0. The van der Waals surface area contributed by atoms with Crippen LogP contribution in [0.4, 0.5) is 26.3 Å². The zero-order valence-corrected chi connectivity index (χ0v) is 16.5. The van der Waals surface area contributed by atoms with Crippen molar-refractivity contribution in [3.63, 3.8) is 0 Å². The molecule has 4 aromatic rings. The van der Waals surface area contributed by atoms with E-state index in [0.29, 0.717) is 24.1 Å². The fourth-order valence-electron chi connectivity index (χ4n) is 3.06. The van der Waals surface area contributed by atoms with E-state index in [9.17, 15) is 26.3 Å². The second kappa shape index (κ2) is 7.53. The summed E-state index contributed by atoms with van der Waals surface area (Å²) in [6.45, 7) is 2.45. The second-order valence-corrected chi connectivity index (χ2v) is 7.03. The molecule has 2 aromatic heterocycles. The largest absolute Gasteiger partial charge is 0.481 e. The Labute approximate surface area is 176 Å². The van der Waals surface area contributed by atoms with Crippen LogP contribution in [0.25, 0.3) is 33.9 Å². The molecule has 0 saturated heterocycles. The summed E-state index contributed by atoms with van der Waals surface area (Å²) in [5.74, 6) is -1.06. The highest BCUT2D eigenvalue weighted by Gasteiger charge is 2.41. The van der Waals surface area contributed by atoms with Gasteiger partial charge in [-0.2, -0.15) is 31.3 Å². The topological polar surface area (TPSA) is 76.8 Å². The summed E-state index contributed by atoms with van der Waals surface area (Å²) < 4.78 is 88.3. The fourth-order valence-corrected chi connectivity index (χ4v) is 3.06. The number of alkyl halides is 6. The molecule has 1 unspecified atom stereocenters. The number of aryl methyl sites for hydroxylation is 1. The van der Waals surface area contributed by atoms with Gasteiger partial charge in [0.25, 0.3) is 5.89 Å². The number of hydrogen-bond donors (Lipinski definition) is 1. The Kier molecular flexibility index (Phi) is 5.10. The average Bonchev–Trinajstić information content (AvgIpc) is 3.36. The number of H-pyrrole nitrogens is 1. The monoisotopic (exact) mass is 456 g/mol. The van der Waals surface area contributed by atoms with Crippen LogP contribution in [0.15, 0.2) is 41.2 Å². The van der Waals surface area contributed by atoms with E-state index in [1.165, 1.54) is 6.33 Å². The lowest BCUT2D eigenvalue weighted by molar-refractivity contribution is -0.191. The molecule has 1 N–H and O–H groups in total. The smallest absolute Gasteiger partial charge is 0.425 e. The molecule has 0 fully saturated rings. The number of fused-ring (bicyclic) bond motifs is 1. The van der Waals surface area contributed by atoms with E-state index >= 15 is 0 Å². The van der Waals surface area contributed by atoms with Crippen molar-refractivity contribution in [3.05, 3.63) is 47.8 Å². The zero-order valence-electron chi connectivity index (χ0n) is 16.5. The van der Waals surface area contributed by atoms with E-state index in [1.54, 1.807) is 12.1 Å².